The van der Waals surface area contributed by atoms with Crippen molar-refractivity contribution in [3.8, 4) is 0 Å². The Morgan fingerprint density at radius 2 is 1.39 bits per heavy atom. The largest absolute Gasteiger partial charge is 0.444 e. The van der Waals surface area contributed by atoms with Crippen molar-refractivity contribution < 1.29 is 9.53 Å². The number of carbonyl (C=O) groups is 1. The summed E-state index contributed by atoms with van der Waals surface area (Å²) >= 11 is 0. The molecule has 23 heavy (non-hydrogen) atoms. The summed E-state index contributed by atoms with van der Waals surface area (Å²) in [4.78, 5) is 11.8. The molecule has 4 heteroatoms. The van der Waals surface area contributed by atoms with Crippen molar-refractivity contribution in [2.45, 2.75) is 110 Å². The Kier molecular flexibility index (Phi) is 5.99. The zero-order valence-electron chi connectivity index (χ0n) is 15.7. The molecule has 0 aliphatic heterocycles. The van der Waals surface area contributed by atoms with Gasteiger partial charge in [-0.15, -0.1) is 0 Å². The summed E-state index contributed by atoms with van der Waals surface area (Å²) in [7, 11) is 0. The van der Waals surface area contributed by atoms with Crippen LogP contribution >= 0.6 is 0 Å². The van der Waals surface area contributed by atoms with Crippen LogP contribution in [0.5, 0.6) is 0 Å². The van der Waals surface area contributed by atoms with E-state index in [1.165, 1.54) is 25.7 Å². The lowest BCUT2D eigenvalue weighted by molar-refractivity contribution is 0.0488. The molecule has 2 aliphatic carbocycles. The molecule has 2 fully saturated rings. The summed E-state index contributed by atoms with van der Waals surface area (Å²) in [6.45, 7) is 10.5. The van der Waals surface area contributed by atoms with E-state index in [4.69, 9.17) is 4.74 Å². The van der Waals surface area contributed by atoms with Crippen molar-refractivity contribution in [2.75, 3.05) is 0 Å². The van der Waals surface area contributed by atoms with Gasteiger partial charge in [0.2, 0.25) is 0 Å². The second-order valence-corrected chi connectivity index (χ2v) is 9.30. The molecule has 0 aromatic carbocycles. The van der Waals surface area contributed by atoms with Crippen LogP contribution in [0.25, 0.3) is 0 Å². The standard InChI is InChI=1S/C19H36N2O2/c1-18(2,3)23-17(22)21-15-8-6-14(7-9-15)20-16-10-12-19(4,5)13-11-16/h14-16,20H,6-13H2,1-5H3,(H,21,22). The van der Waals surface area contributed by atoms with Crippen molar-refractivity contribution in [3.05, 3.63) is 0 Å². The summed E-state index contributed by atoms with van der Waals surface area (Å²) < 4.78 is 5.34. The van der Waals surface area contributed by atoms with Gasteiger partial charge in [-0.3, -0.25) is 0 Å². The maximum Gasteiger partial charge on any atom is 0.407 e. The zero-order valence-corrected chi connectivity index (χ0v) is 15.7. The Morgan fingerprint density at radius 1 is 0.913 bits per heavy atom. The summed E-state index contributed by atoms with van der Waals surface area (Å²) in [5, 5.41) is 6.89. The first-order chi connectivity index (χ1) is 10.6. The van der Waals surface area contributed by atoms with E-state index >= 15 is 0 Å². The fourth-order valence-electron chi connectivity index (χ4n) is 3.78. The second kappa shape index (κ2) is 7.42. The average molecular weight is 325 g/mol. The maximum atomic E-state index is 11.8. The van der Waals surface area contributed by atoms with Crippen molar-refractivity contribution in [2.24, 2.45) is 5.41 Å². The van der Waals surface area contributed by atoms with Gasteiger partial charge in [0, 0.05) is 18.1 Å². The minimum absolute atomic E-state index is 0.271. The molecule has 1 amide bonds. The highest BCUT2D eigenvalue weighted by Gasteiger charge is 2.30. The van der Waals surface area contributed by atoms with E-state index in [9.17, 15) is 4.79 Å². The number of alkyl carbamates (subject to hydrolysis) is 1. The fraction of sp³-hybridized carbons (Fsp3) is 0.947. The molecule has 2 aliphatic rings. The van der Waals surface area contributed by atoms with E-state index < -0.39 is 5.60 Å². The van der Waals surface area contributed by atoms with Crippen LogP contribution in [-0.4, -0.2) is 29.8 Å². The summed E-state index contributed by atoms with van der Waals surface area (Å²) in [6, 6.07) is 1.59. The highest BCUT2D eigenvalue weighted by Crippen LogP contribution is 2.35. The number of ether oxygens (including phenoxy) is 1. The summed E-state index contributed by atoms with van der Waals surface area (Å²) in [5.41, 5.74) is 0.116. The molecule has 0 aromatic rings. The average Bonchev–Trinajstić information content (AvgIpc) is 2.41. The summed E-state index contributed by atoms with van der Waals surface area (Å²) in [6.07, 6.45) is 9.42. The predicted octanol–water partition coefficient (Wildman–Crippen LogP) is 4.38. The van der Waals surface area contributed by atoms with Gasteiger partial charge in [-0.05, 0) is 77.6 Å². The first-order valence-electron chi connectivity index (χ1n) is 9.38. The normalized spacial score (nSPS) is 29.1. The smallest absolute Gasteiger partial charge is 0.407 e. The van der Waals surface area contributed by atoms with Gasteiger partial charge in [-0.2, -0.15) is 0 Å². The van der Waals surface area contributed by atoms with Crippen molar-refractivity contribution >= 4 is 6.09 Å². The van der Waals surface area contributed by atoms with E-state index in [2.05, 4.69) is 24.5 Å². The zero-order chi connectivity index (χ0) is 17.1. The molecule has 0 spiro atoms. The van der Waals surface area contributed by atoms with Gasteiger partial charge in [-0.25, -0.2) is 4.79 Å². The molecule has 0 unspecified atom stereocenters. The van der Waals surface area contributed by atoms with Crippen molar-refractivity contribution in [1.29, 1.82) is 0 Å². The van der Waals surface area contributed by atoms with Gasteiger partial charge in [0.15, 0.2) is 0 Å². The first kappa shape index (κ1) is 18.6. The van der Waals surface area contributed by atoms with E-state index in [1.54, 1.807) is 0 Å². The van der Waals surface area contributed by atoms with E-state index in [1.807, 2.05) is 20.8 Å². The summed E-state index contributed by atoms with van der Waals surface area (Å²) in [5.74, 6) is 0. The van der Waals surface area contributed by atoms with Gasteiger partial charge < -0.3 is 15.4 Å². The van der Waals surface area contributed by atoms with E-state index in [-0.39, 0.29) is 12.1 Å². The molecule has 0 bridgehead atoms. The Bertz CT molecular complexity index is 383. The number of rotatable bonds is 3. The number of nitrogens with one attached hydrogen (secondary N) is 2. The Hall–Kier alpha value is -0.770. The quantitative estimate of drug-likeness (QED) is 0.810. The van der Waals surface area contributed by atoms with Crippen LogP contribution in [0.3, 0.4) is 0 Å². The minimum atomic E-state index is -0.419. The van der Waals surface area contributed by atoms with Crippen LogP contribution in [0, 0.1) is 5.41 Å². The van der Waals surface area contributed by atoms with Gasteiger partial charge >= 0.3 is 6.09 Å². The minimum Gasteiger partial charge on any atom is -0.444 e. The van der Waals surface area contributed by atoms with Crippen LogP contribution in [0.2, 0.25) is 0 Å². The van der Waals surface area contributed by atoms with E-state index in [0.29, 0.717) is 17.5 Å². The van der Waals surface area contributed by atoms with Crippen molar-refractivity contribution in [1.82, 2.24) is 10.6 Å². The van der Waals surface area contributed by atoms with Gasteiger partial charge in [-0.1, -0.05) is 13.8 Å². The monoisotopic (exact) mass is 324 g/mol. The van der Waals surface area contributed by atoms with Crippen molar-refractivity contribution in [3.63, 3.8) is 0 Å². The van der Waals surface area contributed by atoms with Gasteiger partial charge in [0.05, 0.1) is 0 Å². The lowest BCUT2D eigenvalue weighted by Crippen LogP contribution is -2.47. The Morgan fingerprint density at radius 3 is 1.91 bits per heavy atom. The van der Waals surface area contributed by atoms with Crippen LogP contribution in [0.15, 0.2) is 0 Å². The number of carbonyl (C=O) groups excluding carboxylic acids is 1. The van der Waals surface area contributed by atoms with E-state index in [0.717, 1.165) is 25.7 Å². The molecule has 4 nitrogen and oxygen atoms in total. The number of hydrogen-bond acceptors (Lipinski definition) is 3. The van der Waals surface area contributed by atoms with Crippen LogP contribution in [0.4, 0.5) is 4.79 Å². The first-order valence-corrected chi connectivity index (χ1v) is 9.38. The third-order valence-corrected chi connectivity index (χ3v) is 5.26. The Balaban J connectivity index is 1.65. The molecule has 2 N–H and O–H groups in total. The topological polar surface area (TPSA) is 50.4 Å². The van der Waals surface area contributed by atoms with Crippen LogP contribution in [0.1, 0.15) is 86.0 Å². The molecular formula is C19H36N2O2. The molecule has 0 heterocycles. The van der Waals surface area contributed by atoms with Crippen LogP contribution < -0.4 is 10.6 Å². The molecule has 134 valence electrons. The highest BCUT2D eigenvalue weighted by molar-refractivity contribution is 5.68. The molecule has 0 radical (unpaired) electrons. The predicted molar refractivity (Wildman–Crippen MR) is 94.6 cm³/mol. The molecular weight excluding hydrogens is 288 g/mol. The molecule has 0 atom stereocenters. The second-order valence-electron chi connectivity index (χ2n) is 9.30. The van der Waals surface area contributed by atoms with Gasteiger partial charge in [0.1, 0.15) is 5.60 Å². The number of amides is 1. The SMILES string of the molecule is CC1(C)CCC(NC2CCC(NC(=O)OC(C)(C)C)CC2)CC1. The third kappa shape index (κ3) is 6.70. The molecule has 2 saturated carbocycles. The van der Waals surface area contributed by atoms with Gasteiger partial charge in [0.25, 0.3) is 0 Å². The number of hydrogen-bond donors (Lipinski definition) is 2. The van der Waals surface area contributed by atoms with Crippen LogP contribution in [-0.2, 0) is 4.74 Å². The third-order valence-electron chi connectivity index (χ3n) is 5.26. The molecule has 0 saturated heterocycles. The fourth-order valence-corrected chi connectivity index (χ4v) is 3.78. The maximum absolute atomic E-state index is 11.8. The lowest BCUT2D eigenvalue weighted by Gasteiger charge is -2.38. The Labute approximate surface area is 142 Å². The lowest BCUT2D eigenvalue weighted by atomic mass is 9.75. The molecule has 0 aromatic heterocycles. The highest BCUT2D eigenvalue weighted by atomic mass is 16.6. The molecule has 2 rings (SSSR count).